The van der Waals surface area contributed by atoms with Gasteiger partial charge in [-0.15, -0.1) is 0 Å². The summed E-state index contributed by atoms with van der Waals surface area (Å²) in [5.41, 5.74) is 11.1. The van der Waals surface area contributed by atoms with Gasteiger partial charge in [-0.25, -0.2) is 0 Å². The van der Waals surface area contributed by atoms with Gasteiger partial charge in [-0.1, -0.05) is 15.9 Å². The lowest BCUT2D eigenvalue weighted by atomic mass is 9.93. The fourth-order valence-electron chi connectivity index (χ4n) is 2.21. The number of thioether (sulfide) groups is 1. The van der Waals surface area contributed by atoms with Crippen molar-refractivity contribution in [2.24, 2.45) is 5.73 Å². The Bertz CT molecular complexity index is 435. The van der Waals surface area contributed by atoms with Crippen molar-refractivity contribution in [3.63, 3.8) is 0 Å². The predicted octanol–water partition coefficient (Wildman–Crippen LogP) is 4.14. The highest BCUT2D eigenvalue weighted by molar-refractivity contribution is 9.10. The molecule has 4 heteroatoms. The Morgan fingerprint density at radius 2 is 1.83 bits per heavy atom. The van der Waals surface area contributed by atoms with Crippen LogP contribution >= 0.6 is 27.7 Å². The number of benzene rings is 1. The number of hydrogen-bond donors (Lipinski definition) is 1. The number of methoxy groups -OCH3 is 1. The van der Waals surface area contributed by atoms with Gasteiger partial charge in [0.15, 0.2) is 0 Å². The van der Waals surface area contributed by atoms with E-state index in [9.17, 15) is 0 Å². The molecule has 0 amide bonds. The highest BCUT2D eigenvalue weighted by atomic mass is 79.9. The Kier molecular flexibility index (Phi) is 6.02. The van der Waals surface area contributed by atoms with Gasteiger partial charge in [0, 0.05) is 16.1 Å². The van der Waals surface area contributed by atoms with E-state index in [1.54, 1.807) is 7.11 Å². The Morgan fingerprint density at radius 1 is 1.22 bits per heavy atom. The van der Waals surface area contributed by atoms with Crippen molar-refractivity contribution in [1.29, 1.82) is 0 Å². The van der Waals surface area contributed by atoms with Gasteiger partial charge in [0.2, 0.25) is 0 Å². The van der Waals surface area contributed by atoms with E-state index in [1.807, 2.05) is 11.8 Å². The van der Waals surface area contributed by atoms with Crippen molar-refractivity contribution in [1.82, 2.24) is 0 Å². The molecule has 0 radical (unpaired) electrons. The summed E-state index contributed by atoms with van der Waals surface area (Å²) < 4.78 is 6.73. The molecule has 1 rings (SSSR count). The first kappa shape index (κ1) is 15.9. The van der Waals surface area contributed by atoms with Crippen LogP contribution in [0.5, 0.6) is 5.75 Å². The van der Waals surface area contributed by atoms with Gasteiger partial charge in [0.1, 0.15) is 5.75 Å². The Labute approximate surface area is 123 Å². The zero-order chi connectivity index (χ0) is 13.9. The minimum Gasteiger partial charge on any atom is -0.496 e. The summed E-state index contributed by atoms with van der Waals surface area (Å²) in [6, 6.07) is 0.0306. The summed E-state index contributed by atoms with van der Waals surface area (Å²) in [6.45, 7) is 6.29. The van der Waals surface area contributed by atoms with Crippen molar-refractivity contribution in [2.45, 2.75) is 33.2 Å². The van der Waals surface area contributed by atoms with Crippen LogP contribution in [0, 0.1) is 20.8 Å². The first-order chi connectivity index (χ1) is 8.45. The van der Waals surface area contributed by atoms with Gasteiger partial charge in [-0.3, -0.25) is 0 Å². The molecule has 0 aliphatic rings. The van der Waals surface area contributed by atoms with Crippen molar-refractivity contribution >= 4 is 27.7 Å². The predicted molar refractivity (Wildman–Crippen MR) is 84.8 cm³/mol. The Hall–Kier alpha value is -0.190. The molecule has 0 aromatic heterocycles. The van der Waals surface area contributed by atoms with Crippen molar-refractivity contribution in [3.05, 3.63) is 26.7 Å². The second-order valence-electron chi connectivity index (χ2n) is 4.52. The number of nitrogens with two attached hydrogens (primary N) is 1. The van der Waals surface area contributed by atoms with Crippen LogP contribution in [0.25, 0.3) is 0 Å². The van der Waals surface area contributed by atoms with E-state index in [2.05, 4.69) is 43.0 Å². The third kappa shape index (κ3) is 3.03. The lowest BCUT2D eigenvalue weighted by Gasteiger charge is -2.23. The van der Waals surface area contributed by atoms with Crippen LogP contribution in [0.3, 0.4) is 0 Å². The van der Waals surface area contributed by atoms with Gasteiger partial charge in [-0.2, -0.15) is 11.8 Å². The molecule has 1 aromatic rings. The highest BCUT2D eigenvalue weighted by Crippen LogP contribution is 2.39. The van der Waals surface area contributed by atoms with Crippen LogP contribution < -0.4 is 10.5 Å². The molecule has 0 saturated carbocycles. The second-order valence-corrected chi connectivity index (χ2v) is 6.30. The molecule has 0 saturated heterocycles. The molecule has 1 aromatic carbocycles. The zero-order valence-electron chi connectivity index (χ0n) is 11.8. The average Bonchev–Trinajstić information content (AvgIpc) is 2.37. The fraction of sp³-hybridized carbons (Fsp3) is 0.571. The normalized spacial score (nSPS) is 12.6. The molecule has 0 fully saturated rings. The molecule has 0 bridgehead atoms. The van der Waals surface area contributed by atoms with Gasteiger partial charge < -0.3 is 10.5 Å². The smallest absolute Gasteiger partial charge is 0.127 e. The molecule has 0 heterocycles. The fourth-order valence-corrected chi connectivity index (χ4v) is 3.21. The summed E-state index contributed by atoms with van der Waals surface area (Å²) in [5, 5.41) is 0. The molecule has 0 spiro atoms. The van der Waals surface area contributed by atoms with E-state index in [1.165, 1.54) is 16.7 Å². The summed E-state index contributed by atoms with van der Waals surface area (Å²) in [5.74, 6) is 2.01. The molecule has 0 aliphatic heterocycles. The van der Waals surface area contributed by atoms with E-state index in [4.69, 9.17) is 10.5 Å². The summed E-state index contributed by atoms with van der Waals surface area (Å²) in [7, 11) is 1.72. The van der Waals surface area contributed by atoms with E-state index in [-0.39, 0.29) is 6.04 Å². The molecule has 2 N–H and O–H groups in total. The minimum atomic E-state index is 0.0306. The van der Waals surface area contributed by atoms with Crippen molar-refractivity contribution in [2.75, 3.05) is 19.1 Å². The van der Waals surface area contributed by atoms with Crippen LogP contribution in [-0.2, 0) is 0 Å². The van der Waals surface area contributed by atoms with Crippen LogP contribution in [0.2, 0.25) is 0 Å². The lowest BCUT2D eigenvalue weighted by molar-refractivity contribution is 0.400. The van der Waals surface area contributed by atoms with Crippen LogP contribution in [-0.4, -0.2) is 19.1 Å². The average molecular weight is 332 g/mol. The molecule has 1 unspecified atom stereocenters. The minimum absolute atomic E-state index is 0.0306. The van der Waals surface area contributed by atoms with Gasteiger partial charge in [0.05, 0.1) is 7.11 Å². The number of hydrogen-bond acceptors (Lipinski definition) is 3. The molecular weight excluding hydrogens is 310 g/mol. The third-order valence-corrected chi connectivity index (χ3v) is 5.25. The van der Waals surface area contributed by atoms with Crippen LogP contribution in [0.4, 0.5) is 0 Å². The first-order valence-corrected chi connectivity index (χ1v) is 8.22. The Balaban J connectivity index is 3.32. The summed E-state index contributed by atoms with van der Waals surface area (Å²) in [6.07, 6.45) is 3.07. The quantitative estimate of drug-likeness (QED) is 0.880. The topological polar surface area (TPSA) is 35.2 Å². The third-order valence-electron chi connectivity index (χ3n) is 3.42. The molecular formula is C14H22BrNOS. The van der Waals surface area contributed by atoms with Gasteiger partial charge in [-0.05, 0) is 55.9 Å². The molecule has 18 heavy (non-hydrogen) atoms. The Morgan fingerprint density at radius 3 is 2.33 bits per heavy atom. The largest absolute Gasteiger partial charge is 0.496 e. The number of ether oxygens (including phenoxy) is 1. The number of rotatable bonds is 5. The maximum absolute atomic E-state index is 6.33. The lowest BCUT2D eigenvalue weighted by Crippen LogP contribution is -2.15. The zero-order valence-corrected chi connectivity index (χ0v) is 14.2. The van der Waals surface area contributed by atoms with Crippen molar-refractivity contribution < 1.29 is 4.74 Å². The van der Waals surface area contributed by atoms with Crippen LogP contribution in [0.15, 0.2) is 4.47 Å². The monoisotopic (exact) mass is 331 g/mol. The highest BCUT2D eigenvalue weighted by Gasteiger charge is 2.21. The molecule has 1 atom stereocenters. The van der Waals surface area contributed by atoms with Crippen LogP contribution in [0.1, 0.15) is 34.7 Å². The van der Waals surface area contributed by atoms with Gasteiger partial charge in [0.25, 0.3) is 0 Å². The summed E-state index contributed by atoms with van der Waals surface area (Å²) in [4.78, 5) is 0. The van der Waals surface area contributed by atoms with E-state index < -0.39 is 0 Å². The number of halogens is 1. The standard InChI is InChI=1S/C14H22BrNOS/c1-8-9(2)14(17-4)12(10(3)13(8)15)11(16)6-7-18-5/h11H,6-7,16H2,1-5H3. The van der Waals surface area contributed by atoms with E-state index in [0.717, 1.165) is 28.0 Å². The maximum Gasteiger partial charge on any atom is 0.127 e. The molecule has 0 aliphatic carbocycles. The summed E-state index contributed by atoms with van der Waals surface area (Å²) >= 11 is 5.49. The van der Waals surface area contributed by atoms with Gasteiger partial charge >= 0.3 is 0 Å². The van der Waals surface area contributed by atoms with Crippen molar-refractivity contribution in [3.8, 4) is 5.75 Å². The SMILES string of the molecule is COc1c(C)c(C)c(Br)c(C)c1C(N)CCSC. The van der Waals surface area contributed by atoms with E-state index >= 15 is 0 Å². The van der Waals surface area contributed by atoms with E-state index in [0.29, 0.717) is 0 Å². The molecule has 102 valence electrons. The maximum atomic E-state index is 6.33. The second kappa shape index (κ2) is 6.83. The molecule has 2 nitrogen and oxygen atoms in total. The first-order valence-electron chi connectivity index (χ1n) is 6.03.